The molecule has 5 aromatic carbocycles. The maximum Gasteiger partial charge on any atom is 0.238 e. The summed E-state index contributed by atoms with van der Waals surface area (Å²) in [6.45, 7) is 8.41. The Morgan fingerprint density at radius 3 is 1.72 bits per heavy atom. The van der Waals surface area contributed by atoms with E-state index in [4.69, 9.17) is 15.2 Å². The zero-order valence-corrected chi connectivity index (χ0v) is 30.6. The number of aromatic nitrogens is 2. The average molecular weight is 698 g/mol. The number of hydrogen-bond acceptors (Lipinski definition) is 7. The highest BCUT2D eigenvalue weighted by molar-refractivity contribution is 5.72. The first kappa shape index (κ1) is 35.4. The fourth-order valence-corrected chi connectivity index (χ4v) is 7.65. The summed E-state index contributed by atoms with van der Waals surface area (Å²) in [6, 6.07) is 50.1. The van der Waals surface area contributed by atoms with E-state index >= 15 is 0 Å². The second-order valence-corrected chi connectivity index (χ2v) is 14.6. The van der Waals surface area contributed by atoms with Crippen molar-refractivity contribution in [2.75, 3.05) is 0 Å². The first-order valence-electron chi connectivity index (χ1n) is 18.1. The molecule has 1 aromatic heterocycles. The predicted octanol–water partition coefficient (Wildman–Crippen LogP) is 10.5. The van der Waals surface area contributed by atoms with Crippen LogP contribution in [0.2, 0.25) is 0 Å². The topological polar surface area (TPSA) is 111 Å². The smallest absolute Gasteiger partial charge is 0.238 e. The minimum atomic E-state index is -1.30. The van der Waals surface area contributed by atoms with Crippen molar-refractivity contribution in [3.63, 3.8) is 0 Å². The molecular weight excluding hydrogens is 655 g/mol. The zero-order chi connectivity index (χ0) is 37.1. The highest BCUT2D eigenvalue weighted by Crippen LogP contribution is 2.58. The molecular formula is C45H43N7O. The van der Waals surface area contributed by atoms with Gasteiger partial charge >= 0.3 is 0 Å². The molecule has 1 unspecified atom stereocenters. The highest BCUT2D eigenvalue weighted by Gasteiger charge is 2.60. The van der Waals surface area contributed by atoms with Crippen molar-refractivity contribution in [3.8, 4) is 17.2 Å². The molecule has 8 nitrogen and oxygen atoms in total. The van der Waals surface area contributed by atoms with Gasteiger partial charge in [0.15, 0.2) is 0 Å². The molecule has 264 valence electrons. The van der Waals surface area contributed by atoms with Crippen molar-refractivity contribution in [2.45, 2.75) is 64.3 Å². The fourth-order valence-electron chi connectivity index (χ4n) is 7.65. The van der Waals surface area contributed by atoms with Gasteiger partial charge in [-0.1, -0.05) is 167 Å². The Bertz CT molecular complexity index is 2170. The largest absolute Gasteiger partial charge is 0.386 e. The summed E-state index contributed by atoms with van der Waals surface area (Å²) in [5, 5.41) is 40.0. The normalized spacial score (nSPS) is 14.3. The first-order chi connectivity index (χ1) is 25.7. The predicted molar refractivity (Wildman–Crippen MR) is 207 cm³/mol. The summed E-state index contributed by atoms with van der Waals surface area (Å²) >= 11 is 0. The van der Waals surface area contributed by atoms with Gasteiger partial charge in [-0.15, -0.1) is 10.2 Å². The highest BCUT2D eigenvalue weighted by atomic mass is 16.3. The molecule has 0 spiro atoms. The minimum absolute atomic E-state index is 0.406. The Hall–Kier alpha value is -6.04. The molecule has 53 heavy (non-hydrogen) atoms. The van der Waals surface area contributed by atoms with E-state index in [0.717, 1.165) is 51.2 Å². The summed E-state index contributed by atoms with van der Waals surface area (Å²) in [6.07, 6.45) is 0.712. The summed E-state index contributed by atoms with van der Waals surface area (Å²) in [5.74, 6) is 0.801. The fraction of sp³-hybridized carbons (Fsp3) is 0.244. The second-order valence-electron chi connectivity index (χ2n) is 14.6. The van der Waals surface area contributed by atoms with Gasteiger partial charge in [-0.05, 0) is 55.7 Å². The van der Waals surface area contributed by atoms with Crippen LogP contribution in [0.4, 0.5) is 0 Å². The quantitative estimate of drug-likeness (QED) is 0.136. The van der Waals surface area contributed by atoms with Crippen molar-refractivity contribution >= 4 is 0 Å². The van der Waals surface area contributed by atoms with Crippen molar-refractivity contribution in [3.05, 3.63) is 185 Å². The molecule has 0 aliphatic carbocycles. The minimum Gasteiger partial charge on any atom is -0.386 e. The van der Waals surface area contributed by atoms with Gasteiger partial charge in [0.1, 0.15) is 29.4 Å². The summed E-state index contributed by atoms with van der Waals surface area (Å²) in [4.78, 5) is 4.81. The number of aliphatic hydroxyl groups is 1. The van der Waals surface area contributed by atoms with Crippen LogP contribution in [0.5, 0.6) is 0 Å². The Labute approximate surface area is 311 Å². The summed E-state index contributed by atoms with van der Waals surface area (Å²) < 4.78 is 1.96. The Kier molecular flexibility index (Phi) is 9.70. The number of aryl methyl sites for hydroxylation is 1. The molecule has 7 rings (SSSR count). The molecule has 0 saturated carbocycles. The van der Waals surface area contributed by atoms with Gasteiger partial charge in [0.05, 0.1) is 5.41 Å². The Morgan fingerprint density at radius 1 is 0.717 bits per heavy atom. The van der Waals surface area contributed by atoms with Gasteiger partial charge in [0, 0.05) is 18.5 Å². The standard InChI is InChI=1S/C45H43N7O/c1-5-17-40-47-41(42(53)43(2,3)4)39(30-46)52(40)31-32-26-28-33(29-27-32)37-24-15-16-25-38(37)45(48-50-51-49-45)44(34-18-9-6-10-19-34,35-20-11-7-12-21-35)36-22-13-8-14-23-36/h6-16,18-29,42,53H,5,17,31H2,1-4H3. The van der Waals surface area contributed by atoms with Crippen LogP contribution < -0.4 is 0 Å². The lowest BCUT2D eigenvalue weighted by molar-refractivity contribution is 0.0588. The lowest BCUT2D eigenvalue weighted by Crippen LogP contribution is -2.48. The third-order valence-corrected chi connectivity index (χ3v) is 10.2. The molecule has 1 atom stereocenters. The summed E-state index contributed by atoms with van der Waals surface area (Å²) in [5.41, 5.74) is 4.97. The van der Waals surface area contributed by atoms with Crippen LogP contribution in [-0.2, 0) is 24.0 Å². The van der Waals surface area contributed by atoms with Gasteiger partial charge in [-0.2, -0.15) is 5.26 Å². The van der Waals surface area contributed by atoms with E-state index in [1.807, 2.05) is 92.1 Å². The van der Waals surface area contributed by atoms with Crippen LogP contribution in [0.15, 0.2) is 160 Å². The number of hydrogen-bond donors (Lipinski definition) is 1. The maximum absolute atomic E-state index is 11.2. The van der Waals surface area contributed by atoms with Crippen LogP contribution in [0.1, 0.15) is 85.2 Å². The van der Waals surface area contributed by atoms with E-state index < -0.39 is 22.6 Å². The monoisotopic (exact) mass is 697 g/mol. The Morgan fingerprint density at radius 2 is 1.23 bits per heavy atom. The third-order valence-electron chi connectivity index (χ3n) is 10.2. The Balaban J connectivity index is 1.37. The average Bonchev–Trinajstić information content (AvgIpc) is 3.82. The van der Waals surface area contributed by atoms with Crippen LogP contribution in [0.3, 0.4) is 0 Å². The molecule has 1 aliphatic heterocycles. The van der Waals surface area contributed by atoms with Crippen LogP contribution in [0.25, 0.3) is 11.1 Å². The molecule has 1 aliphatic rings. The van der Waals surface area contributed by atoms with Crippen molar-refractivity contribution < 1.29 is 5.11 Å². The summed E-state index contributed by atoms with van der Waals surface area (Å²) in [7, 11) is 0. The van der Waals surface area contributed by atoms with Crippen LogP contribution in [0, 0.1) is 16.7 Å². The van der Waals surface area contributed by atoms with E-state index in [-0.39, 0.29) is 0 Å². The molecule has 2 heterocycles. The van der Waals surface area contributed by atoms with Gasteiger partial charge in [0.2, 0.25) is 5.66 Å². The van der Waals surface area contributed by atoms with Gasteiger partial charge in [0.25, 0.3) is 0 Å². The number of nitriles is 1. The number of aliphatic hydroxyl groups excluding tert-OH is 1. The van der Waals surface area contributed by atoms with Crippen molar-refractivity contribution in [1.29, 1.82) is 5.26 Å². The molecule has 0 amide bonds. The van der Waals surface area contributed by atoms with E-state index in [1.54, 1.807) is 0 Å². The van der Waals surface area contributed by atoms with E-state index in [9.17, 15) is 10.4 Å². The van der Waals surface area contributed by atoms with Gasteiger partial charge in [-0.3, -0.25) is 0 Å². The lowest BCUT2D eigenvalue weighted by Gasteiger charge is -2.45. The lowest BCUT2D eigenvalue weighted by atomic mass is 9.59. The zero-order valence-electron chi connectivity index (χ0n) is 30.6. The van der Waals surface area contributed by atoms with E-state index in [1.165, 1.54) is 0 Å². The molecule has 0 radical (unpaired) electrons. The molecule has 6 aromatic rings. The van der Waals surface area contributed by atoms with E-state index in [2.05, 4.69) is 96.2 Å². The van der Waals surface area contributed by atoms with E-state index in [0.29, 0.717) is 24.4 Å². The number of benzene rings is 5. The van der Waals surface area contributed by atoms with Crippen LogP contribution in [-0.4, -0.2) is 14.7 Å². The number of rotatable bonds is 11. The molecule has 0 bridgehead atoms. The molecule has 0 saturated heterocycles. The molecule has 8 heteroatoms. The SMILES string of the molecule is CCCc1nc(C(O)C(C)(C)C)c(C#N)n1Cc1ccc(-c2ccccc2C2(C(c3ccccc3)(c3ccccc3)c3ccccc3)N=NN=N2)cc1. The first-order valence-corrected chi connectivity index (χ1v) is 18.1. The maximum atomic E-state index is 11.2. The second kappa shape index (κ2) is 14.5. The van der Waals surface area contributed by atoms with Crippen molar-refractivity contribution in [2.24, 2.45) is 26.1 Å². The molecule has 1 N–H and O–H groups in total. The molecule has 0 fully saturated rings. The van der Waals surface area contributed by atoms with Crippen LogP contribution >= 0.6 is 0 Å². The van der Waals surface area contributed by atoms with Crippen molar-refractivity contribution in [1.82, 2.24) is 9.55 Å². The third kappa shape index (κ3) is 6.17. The number of nitrogens with zero attached hydrogens (tertiary/aromatic N) is 7. The van der Waals surface area contributed by atoms with Gasteiger partial charge in [-0.25, -0.2) is 4.98 Å². The number of imidazole rings is 1. The van der Waals surface area contributed by atoms with Gasteiger partial charge < -0.3 is 9.67 Å².